The molecule has 0 aliphatic carbocycles. The Morgan fingerprint density at radius 2 is 1.50 bits per heavy atom. The van der Waals surface area contributed by atoms with Crippen LogP contribution in [0.3, 0.4) is 0 Å². The van der Waals surface area contributed by atoms with Gasteiger partial charge in [-0.1, -0.05) is 42.5 Å². The third kappa shape index (κ3) is 5.72. The van der Waals surface area contributed by atoms with Crippen LogP contribution in [0, 0.1) is 0 Å². The zero-order valence-corrected chi connectivity index (χ0v) is 17.7. The Kier molecular flexibility index (Phi) is 7.59. The number of hydrogen-bond donors (Lipinski definition) is 0. The molecule has 0 saturated carbocycles. The molecule has 0 fully saturated rings. The molecule has 0 N–H and O–H groups in total. The zero-order valence-electron chi connectivity index (χ0n) is 17.7. The fourth-order valence-electron chi connectivity index (χ4n) is 2.89. The Morgan fingerprint density at radius 1 is 0.781 bits per heavy atom. The fourth-order valence-corrected chi connectivity index (χ4v) is 2.89. The summed E-state index contributed by atoms with van der Waals surface area (Å²) in [6.07, 6.45) is -0.459. The number of esters is 2. The van der Waals surface area contributed by atoms with Crippen LogP contribution in [0.2, 0.25) is 0 Å². The maximum absolute atomic E-state index is 13.0. The largest absolute Gasteiger partial charge is 0.497 e. The summed E-state index contributed by atoms with van der Waals surface area (Å²) in [6, 6.07) is 20.4. The summed E-state index contributed by atoms with van der Waals surface area (Å²) in [4.78, 5) is 36.8. The van der Waals surface area contributed by atoms with Crippen molar-refractivity contribution in [1.82, 2.24) is 0 Å². The molecule has 0 aliphatic rings. The second-order valence-corrected chi connectivity index (χ2v) is 6.70. The van der Waals surface area contributed by atoms with Crippen molar-refractivity contribution in [2.75, 3.05) is 14.2 Å². The molecule has 164 valence electrons. The number of hydrogen-bond acceptors (Lipinski definition) is 7. The van der Waals surface area contributed by atoms with E-state index < -0.39 is 24.1 Å². The standard InChI is InChI=1S/C25H22O7/c1-29-18-12-13-20(23(14-18)31-16-17-8-4-3-5-9-17)25(28)32-22-11-7-6-10-19(22)21(26)15-24(27)30-2/h3-14H,15-16H2,1-2H3. The molecule has 0 heterocycles. The number of ether oxygens (including phenoxy) is 4. The molecule has 0 unspecified atom stereocenters. The van der Waals surface area contributed by atoms with Gasteiger partial charge in [0.05, 0.1) is 19.8 Å². The number of rotatable bonds is 9. The number of carbonyl (C=O) groups is 3. The molecule has 3 aromatic carbocycles. The Morgan fingerprint density at radius 3 is 2.22 bits per heavy atom. The second-order valence-electron chi connectivity index (χ2n) is 6.70. The molecule has 3 rings (SSSR count). The van der Waals surface area contributed by atoms with Crippen LogP contribution in [-0.4, -0.2) is 31.9 Å². The van der Waals surface area contributed by atoms with Crippen LogP contribution in [-0.2, 0) is 16.1 Å². The molecule has 7 heteroatoms. The minimum atomic E-state index is -0.714. The van der Waals surface area contributed by atoms with Gasteiger partial charge in [0, 0.05) is 6.07 Å². The monoisotopic (exact) mass is 434 g/mol. The first kappa shape index (κ1) is 22.6. The molecule has 7 nitrogen and oxygen atoms in total. The van der Waals surface area contributed by atoms with E-state index in [1.807, 2.05) is 30.3 Å². The predicted molar refractivity (Wildman–Crippen MR) is 116 cm³/mol. The van der Waals surface area contributed by atoms with Crippen LogP contribution in [0.4, 0.5) is 0 Å². The van der Waals surface area contributed by atoms with Crippen molar-refractivity contribution >= 4 is 17.7 Å². The van der Waals surface area contributed by atoms with Crippen molar-refractivity contribution in [3.63, 3.8) is 0 Å². The molecule has 0 saturated heterocycles. The topological polar surface area (TPSA) is 88.1 Å². The number of methoxy groups -OCH3 is 2. The summed E-state index contributed by atoms with van der Waals surface area (Å²) in [5.74, 6) is -1.08. The van der Waals surface area contributed by atoms with Gasteiger partial charge >= 0.3 is 11.9 Å². The first-order chi connectivity index (χ1) is 15.5. The van der Waals surface area contributed by atoms with Gasteiger partial charge in [0.1, 0.15) is 35.8 Å². The van der Waals surface area contributed by atoms with E-state index in [1.165, 1.54) is 32.4 Å². The lowest BCUT2D eigenvalue weighted by molar-refractivity contribution is -0.139. The number of carbonyl (C=O) groups excluding carboxylic acids is 3. The summed E-state index contributed by atoms with van der Waals surface area (Å²) in [7, 11) is 2.71. The van der Waals surface area contributed by atoms with Crippen LogP contribution in [0.5, 0.6) is 17.2 Å². The molecule has 32 heavy (non-hydrogen) atoms. The third-order valence-corrected chi connectivity index (χ3v) is 4.57. The summed E-state index contributed by atoms with van der Waals surface area (Å²) in [5.41, 5.74) is 1.19. The molecule has 0 amide bonds. The maximum atomic E-state index is 13.0. The van der Waals surface area contributed by atoms with Gasteiger partial charge in [0.25, 0.3) is 0 Å². The molecule has 3 aromatic rings. The highest BCUT2D eigenvalue weighted by Gasteiger charge is 2.21. The smallest absolute Gasteiger partial charge is 0.347 e. The zero-order chi connectivity index (χ0) is 22.9. The molecule has 0 aromatic heterocycles. The predicted octanol–water partition coefficient (Wildman–Crippen LogP) is 4.24. The first-order valence-electron chi connectivity index (χ1n) is 9.77. The Labute approximate surface area is 185 Å². The average molecular weight is 434 g/mol. The van der Waals surface area contributed by atoms with E-state index in [9.17, 15) is 14.4 Å². The van der Waals surface area contributed by atoms with Crippen molar-refractivity contribution in [3.05, 3.63) is 89.5 Å². The summed E-state index contributed by atoms with van der Waals surface area (Å²) in [5, 5.41) is 0. The van der Waals surface area contributed by atoms with Gasteiger partial charge in [0.15, 0.2) is 5.78 Å². The lowest BCUT2D eigenvalue weighted by Gasteiger charge is -2.14. The highest BCUT2D eigenvalue weighted by atomic mass is 16.5. The molecule has 0 atom stereocenters. The van der Waals surface area contributed by atoms with Crippen molar-refractivity contribution in [3.8, 4) is 17.2 Å². The van der Waals surface area contributed by atoms with Gasteiger partial charge < -0.3 is 18.9 Å². The van der Waals surface area contributed by atoms with Crippen molar-refractivity contribution in [2.45, 2.75) is 13.0 Å². The van der Waals surface area contributed by atoms with E-state index >= 15 is 0 Å². The van der Waals surface area contributed by atoms with Gasteiger partial charge in [-0.05, 0) is 29.8 Å². The van der Waals surface area contributed by atoms with E-state index in [4.69, 9.17) is 14.2 Å². The van der Waals surface area contributed by atoms with Crippen LogP contribution >= 0.6 is 0 Å². The number of para-hydroxylation sites is 1. The highest BCUT2D eigenvalue weighted by Crippen LogP contribution is 2.28. The normalized spacial score (nSPS) is 10.2. The minimum absolute atomic E-state index is 0.0382. The van der Waals surface area contributed by atoms with E-state index in [0.29, 0.717) is 5.75 Å². The lowest BCUT2D eigenvalue weighted by Crippen LogP contribution is -2.15. The fraction of sp³-hybridized carbons (Fsp3) is 0.160. The van der Waals surface area contributed by atoms with Crippen molar-refractivity contribution in [2.24, 2.45) is 0 Å². The van der Waals surface area contributed by atoms with Gasteiger partial charge in [-0.2, -0.15) is 0 Å². The SMILES string of the molecule is COC(=O)CC(=O)c1ccccc1OC(=O)c1ccc(OC)cc1OCc1ccccc1. The quantitative estimate of drug-likeness (QED) is 0.215. The van der Waals surface area contributed by atoms with Crippen LogP contribution in [0.1, 0.15) is 32.7 Å². The summed E-state index contributed by atoms with van der Waals surface area (Å²) in [6.45, 7) is 0.239. The summed E-state index contributed by atoms with van der Waals surface area (Å²) < 4.78 is 21.1. The van der Waals surface area contributed by atoms with Crippen LogP contribution in [0.25, 0.3) is 0 Å². The Balaban J connectivity index is 1.83. The third-order valence-electron chi connectivity index (χ3n) is 4.57. The highest BCUT2D eigenvalue weighted by molar-refractivity contribution is 6.08. The van der Waals surface area contributed by atoms with E-state index in [-0.39, 0.29) is 29.2 Å². The van der Waals surface area contributed by atoms with E-state index in [1.54, 1.807) is 24.3 Å². The van der Waals surface area contributed by atoms with Crippen molar-refractivity contribution in [1.29, 1.82) is 0 Å². The van der Waals surface area contributed by atoms with Crippen molar-refractivity contribution < 1.29 is 33.3 Å². The average Bonchev–Trinajstić information content (AvgIpc) is 2.83. The molecule has 0 aliphatic heterocycles. The first-order valence-corrected chi connectivity index (χ1v) is 9.77. The molecule has 0 radical (unpaired) electrons. The minimum Gasteiger partial charge on any atom is -0.497 e. The Bertz CT molecular complexity index is 1110. The number of ketones is 1. The Hall–Kier alpha value is -4.13. The van der Waals surface area contributed by atoms with E-state index in [2.05, 4.69) is 4.74 Å². The number of benzene rings is 3. The second kappa shape index (κ2) is 10.8. The van der Waals surface area contributed by atoms with Gasteiger partial charge in [-0.25, -0.2) is 4.79 Å². The van der Waals surface area contributed by atoms with Gasteiger partial charge in [-0.15, -0.1) is 0 Å². The van der Waals surface area contributed by atoms with Crippen LogP contribution < -0.4 is 14.2 Å². The molecular weight excluding hydrogens is 412 g/mol. The maximum Gasteiger partial charge on any atom is 0.347 e. The van der Waals surface area contributed by atoms with E-state index in [0.717, 1.165) is 5.56 Å². The van der Waals surface area contributed by atoms with Crippen LogP contribution in [0.15, 0.2) is 72.8 Å². The molecular formula is C25H22O7. The number of Topliss-reactive ketones (excluding diaryl/α,β-unsaturated/α-hetero) is 1. The molecule has 0 bridgehead atoms. The van der Waals surface area contributed by atoms with Gasteiger partial charge in [-0.3, -0.25) is 9.59 Å². The summed E-state index contributed by atoms with van der Waals surface area (Å²) >= 11 is 0. The molecule has 0 spiro atoms. The van der Waals surface area contributed by atoms with Gasteiger partial charge in [0.2, 0.25) is 0 Å². The lowest BCUT2D eigenvalue weighted by atomic mass is 10.1.